The van der Waals surface area contributed by atoms with Crippen molar-refractivity contribution in [3.05, 3.63) is 41.2 Å². The number of benzene rings is 1. The first-order valence-electron chi connectivity index (χ1n) is 8.66. The Morgan fingerprint density at radius 2 is 1.67 bits per heavy atom. The summed E-state index contributed by atoms with van der Waals surface area (Å²) in [5.41, 5.74) is 1.17. The molecule has 0 aliphatic rings. The van der Waals surface area contributed by atoms with Gasteiger partial charge in [-0.1, -0.05) is 62.9 Å². The molecule has 0 amide bonds. The highest BCUT2D eigenvalue weighted by Crippen LogP contribution is 2.18. The SMILES string of the molecule is CCCCCCCNc1nc(Cl)nc(N[C@H](C)c2ccccc2)n1. The van der Waals surface area contributed by atoms with Gasteiger partial charge >= 0.3 is 0 Å². The molecule has 1 atom stereocenters. The number of halogens is 1. The van der Waals surface area contributed by atoms with Crippen LogP contribution in [0.2, 0.25) is 5.28 Å². The number of rotatable bonds is 10. The van der Waals surface area contributed by atoms with E-state index >= 15 is 0 Å². The molecule has 0 radical (unpaired) electrons. The van der Waals surface area contributed by atoms with Crippen molar-refractivity contribution in [1.29, 1.82) is 0 Å². The van der Waals surface area contributed by atoms with Crippen LogP contribution in [0.5, 0.6) is 0 Å². The first-order chi connectivity index (χ1) is 11.7. The molecule has 5 nitrogen and oxygen atoms in total. The van der Waals surface area contributed by atoms with Crippen molar-refractivity contribution in [2.75, 3.05) is 17.2 Å². The number of unbranched alkanes of at least 4 members (excludes halogenated alkanes) is 4. The van der Waals surface area contributed by atoms with Crippen molar-refractivity contribution in [3.63, 3.8) is 0 Å². The predicted molar refractivity (Wildman–Crippen MR) is 101 cm³/mol. The molecule has 24 heavy (non-hydrogen) atoms. The van der Waals surface area contributed by atoms with Gasteiger partial charge in [0, 0.05) is 6.54 Å². The van der Waals surface area contributed by atoms with Crippen LogP contribution in [0.4, 0.5) is 11.9 Å². The maximum Gasteiger partial charge on any atom is 0.229 e. The van der Waals surface area contributed by atoms with E-state index in [1.54, 1.807) is 0 Å². The predicted octanol–water partition coefficient (Wildman–Crippen LogP) is 5.08. The van der Waals surface area contributed by atoms with Crippen LogP contribution in [-0.4, -0.2) is 21.5 Å². The van der Waals surface area contributed by atoms with Crippen LogP contribution in [0.25, 0.3) is 0 Å². The van der Waals surface area contributed by atoms with E-state index in [2.05, 4.69) is 51.6 Å². The van der Waals surface area contributed by atoms with Crippen LogP contribution in [0, 0.1) is 0 Å². The van der Waals surface area contributed by atoms with Crippen LogP contribution in [0.15, 0.2) is 30.3 Å². The fraction of sp³-hybridized carbons (Fsp3) is 0.500. The third kappa shape index (κ3) is 6.32. The molecule has 2 rings (SSSR count). The Labute approximate surface area is 149 Å². The maximum atomic E-state index is 6.02. The molecule has 0 spiro atoms. The lowest BCUT2D eigenvalue weighted by molar-refractivity contribution is 0.644. The van der Waals surface area contributed by atoms with Crippen molar-refractivity contribution < 1.29 is 0 Å². The van der Waals surface area contributed by atoms with Gasteiger partial charge in [0.15, 0.2) is 0 Å². The minimum Gasteiger partial charge on any atom is -0.354 e. The van der Waals surface area contributed by atoms with Crippen molar-refractivity contribution in [2.24, 2.45) is 0 Å². The van der Waals surface area contributed by atoms with Gasteiger partial charge in [-0.05, 0) is 30.5 Å². The lowest BCUT2D eigenvalue weighted by Crippen LogP contribution is -2.12. The third-order valence-corrected chi connectivity index (χ3v) is 3.99. The topological polar surface area (TPSA) is 62.7 Å². The van der Waals surface area contributed by atoms with Crippen molar-refractivity contribution in [3.8, 4) is 0 Å². The molecule has 1 heterocycles. The molecule has 0 bridgehead atoms. The van der Waals surface area contributed by atoms with Crippen LogP contribution in [0.1, 0.15) is 57.6 Å². The molecule has 0 unspecified atom stereocenters. The van der Waals surface area contributed by atoms with E-state index in [9.17, 15) is 0 Å². The number of nitrogens with one attached hydrogen (secondary N) is 2. The van der Waals surface area contributed by atoms with Crippen molar-refractivity contribution >= 4 is 23.5 Å². The fourth-order valence-corrected chi connectivity index (χ4v) is 2.60. The lowest BCUT2D eigenvalue weighted by Gasteiger charge is -2.14. The fourth-order valence-electron chi connectivity index (χ4n) is 2.44. The van der Waals surface area contributed by atoms with E-state index in [1.807, 2.05) is 18.2 Å². The zero-order valence-electron chi connectivity index (χ0n) is 14.4. The molecule has 0 aliphatic carbocycles. The standard InChI is InChI=1S/C18H26ClN5/c1-3-4-5-6-10-13-20-17-22-16(19)23-18(24-17)21-14(2)15-11-8-7-9-12-15/h7-9,11-12,14H,3-6,10,13H2,1-2H3,(H2,20,21,22,23,24)/t14-/m1/s1. The molecular weight excluding hydrogens is 322 g/mol. The number of aromatic nitrogens is 3. The summed E-state index contributed by atoms with van der Waals surface area (Å²) in [4.78, 5) is 12.7. The lowest BCUT2D eigenvalue weighted by atomic mass is 10.1. The highest BCUT2D eigenvalue weighted by Gasteiger charge is 2.09. The highest BCUT2D eigenvalue weighted by molar-refractivity contribution is 6.28. The molecule has 6 heteroatoms. The molecule has 2 aromatic rings. The molecule has 0 saturated heterocycles. The van der Waals surface area contributed by atoms with Gasteiger partial charge in [0.25, 0.3) is 0 Å². The van der Waals surface area contributed by atoms with E-state index in [0.717, 1.165) is 13.0 Å². The summed E-state index contributed by atoms with van der Waals surface area (Å²) in [5.74, 6) is 1.01. The monoisotopic (exact) mass is 347 g/mol. The van der Waals surface area contributed by atoms with Gasteiger partial charge in [0.05, 0.1) is 6.04 Å². The Morgan fingerprint density at radius 3 is 2.42 bits per heavy atom. The Kier molecular flexibility index (Phi) is 7.75. The summed E-state index contributed by atoms with van der Waals surface area (Å²) in [6, 6.07) is 10.2. The minimum absolute atomic E-state index is 0.0894. The summed E-state index contributed by atoms with van der Waals surface area (Å²) in [5, 5.41) is 6.70. The first kappa shape index (κ1) is 18.5. The number of nitrogens with zero attached hydrogens (tertiary/aromatic N) is 3. The molecule has 1 aromatic carbocycles. The van der Waals surface area contributed by atoms with Gasteiger partial charge in [-0.3, -0.25) is 0 Å². The average Bonchev–Trinajstić information content (AvgIpc) is 2.58. The van der Waals surface area contributed by atoms with Gasteiger partial charge in [-0.25, -0.2) is 0 Å². The largest absolute Gasteiger partial charge is 0.354 e. The van der Waals surface area contributed by atoms with Gasteiger partial charge in [-0.2, -0.15) is 15.0 Å². The third-order valence-electron chi connectivity index (χ3n) is 3.82. The quantitative estimate of drug-likeness (QED) is 0.587. The highest BCUT2D eigenvalue weighted by atomic mass is 35.5. The zero-order valence-corrected chi connectivity index (χ0v) is 15.2. The summed E-state index contributed by atoms with van der Waals surface area (Å²) >= 11 is 6.02. The smallest absolute Gasteiger partial charge is 0.229 e. The number of hydrogen-bond acceptors (Lipinski definition) is 5. The average molecular weight is 348 g/mol. The zero-order chi connectivity index (χ0) is 17.2. The summed E-state index contributed by atoms with van der Waals surface area (Å²) < 4.78 is 0. The van der Waals surface area contributed by atoms with Gasteiger partial charge in [-0.15, -0.1) is 0 Å². The van der Waals surface area contributed by atoms with Crippen LogP contribution >= 0.6 is 11.6 Å². The van der Waals surface area contributed by atoms with E-state index in [-0.39, 0.29) is 11.3 Å². The number of anilines is 2. The molecule has 0 aliphatic heterocycles. The van der Waals surface area contributed by atoms with Crippen LogP contribution in [0.3, 0.4) is 0 Å². The normalized spacial score (nSPS) is 12.0. The van der Waals surface area contributed by atoms with Gasteiger partial charge in [0.2, 0.25) is 17.2 Å². The molecule has 130 valence electrons. The molecule has 2 N–H and O–H groups in total. The minimum atomic E-state index is 0.0894. The van der Waals surface area contributed by atoms with E-state index < -0.39 is 0 Å². The van der Waals surface area contributed by atoms with E-state index in [0.29, 0.717) is 11.9 Å². The maximum absolute atomic E-state index is 6.02. The van der Waals surface area contributed by atoms with E-state index in [4.69, 9.17) is 11.6 Å². The van der Waals surface area contributed by atoms with Crippen molar-refractivity contribution in [2.45, 2.75) is 52.0 Å². The molecule has 0 saturated carbocycles. The summed E-state index contributed by atoms with van der Waals surface area (Å²) in [7, 11) is 0. The van der Waals surface area contributed by atoms with Crippen LogP contribution in [-0.2, 0) is 0 Å². The van der Waals surface area contributed by atoms with Crippen molar-refractivity contribution in [1.82, 2.24) is 15.0 Å². The van der Waals surface area contributed by atoms with Gasteiger partial charge < -0.3 is 10.6 Å². The van der Waals surface area contributed by atoms with Gasteiger partial charge in [0.1, 0.15) is 0 Å². The Bertz CT molecular complexity index is 606. The second-order valence-corrected chi connectivity index (χ2v) is 6.21. The molecule has 1 aromatic heterocycles. The Morgan fingerprint density at radius 1 is 0.958 bits per heavy atom. The second-order valence-electron chi connectivity index (χ2n) is 5.87. The summed E-state index contributed by atoms with van der Waals surface area (Å²) in [6.45, 7) is 5.13. The Balaban J connectivity index is 1.88. The number of hydrogen-bond donors (Lipinski definition) is 2. The second kappa shape index (κ2) is 10.1. The first-order valence-corrected chi connectivity index (χ1v) is 9.03. The summed E-state index contributed by atoms with van der Waals surface area (Å²) in [6.07, 6.45) is 6.15. The van der Waals surface area contributed by atoms with E-state index in [1.165, 1.54) is 31.2 Å². The molecule has 0 fully saturated rings. The molecular formula is C18H26ClN5. The Hall–Kier alpha value is -1.88. The van der Waals surface area contributed by atoms with Crippen LogP contribution < -0.4 is 10.6 Å².